The monoisotopic (exact) mass is 422 g/mol. The average molecular weight is 423 g/mol. The zero-order chi connectivity index (χ0) is 18.1. The van der Waals surface area contributed by atoms with Crippen LogP contribution in [0.25, 0.3) is 0 Å². The third kappa shape index (κ3) is 3.50. The van der Waals surface area contributed by atoms with Crippen molar-refractivity contribution in [1.82, 2.24) is 19.7 Å². The fourth-order valence-electron chi connectivity index (χ4n) is 3.30. The van der Waals surface area contributed by atoms with E-state index in [1.165, 1.54) is 0 Å². The van der Waals surface area contributed by atoms with Crippen LogP contribution >= 0.6 is 15.9 Å². The Hall–Kier alpha value is -1.87. The fraction of sp³-hybridized carbons (Fsp3) is 0.588. The van der Waals surface area contributed by atoms with E-state index in [-0.39, 0.29) is 6.04 Å². The Balaban J connectivity index is 1.72. The van der Waals surface area contributed by atoms with Crippen LogP contribution in [-0.2, 0) is 4.74 Å². The number of aromatic nitrogens is 4. The Kier molecular flexibility index (Phi) is 4.99. The van der Waals surface area contributed by atoms with E-state index in [9.17, 15) is 0 Å². The van der Waals surface area contributed by atoms with Crippen LogP contribution in [0.1, 0.15) is 37.9 Å². The number of anilines is 3. The molecule has 0 spiro atoms. The summed E-state index contributed by atoms with van der Waals surface area (Å²) in [6.45, 7) is 6.28. The predicted octanol–water partition coefficient (Wildman–Crippen LogP) is 3.42. The van der Waals surface area contributed by atoms with Gasteiger partial charge in [0, 0.05) is 31.9 Å². The number of halogens is 1. The first-order chi connectivity index (χ1) is 12.6. The Morgan fingerprint density at radius 1 is 1.23 bits per heavy atom. The van der Waals surface area contributed by atoms with Crippen molar-refractivity contribution in [1.29, 1.82) is 0 Å². The molecule has 140 valence electrons. The van der Waals surface area contributed by atoms with Gasteiger partial charge in [0.2, 0.25) is 5.95 Å². The lowest BCUT2D eigenvalue weighted by Gasteiger charge is -2.23. The molecule has 2 N–H and O–H groups in total. The molecule has 1 saturated heterocycles. The summed E-state index contributed by atoms with van der Waals surface area (Å²) in [6, 6.07) is 0.547. The maximum absolute atomic E-state index is 6.02. The van der Waals surface area contributed by atoms with Crippen LogP contribution in [0.5, 0.6) is 5.88 Å². The molecule has 1 unspecified atom stereocenters. The second-order valence-electron chi connectivity index (χ2n) is 6.75. The first-order valence-electron chi connectivity index (χ1n) is 8.97. The Morgan fingerprint density at radius 3 is 2.85 bits per heavy atom. The summed E-state index contributed by atoms with van der Waals surface area (Å²) in [5.74, 6) is 1.90. The molecule has 0 aromatic carbocycles. The van der Waals surface area contributed by atoms with Crippen molar-refractivity contribution in [2.75, 3.05) is 30.5 Å². The molecule has 4 heterocycles. The van der Waals surface area contributed by atoms with Gasteiger partial charge in [0.1, 0.15) is 11.5 Å². The van der Waals surface area contributed by atoms with Crippen molar-refractivity contribution >= 4 is 33.4 Å². The third-order valence-corrected chi connectivity index (χ3v) is 5.39. The number of hydrogen-bond acceptors (Lipinski definition) is 7. The van der Waals surface area contributed by atoms with Gasteiger partial charge in [-0.2, -0.15) is 4.98 Å². The van der Waals surface area contributed by atoms with Crippen molar-refractivity contribution in [3.8, 4) is 5.88 Å². The molecule has 2 bridgehead atoms. The van der Waals surface area contributed by atoms with Gasteiger partial charge in [-0.15, -0.1) is 5.10 Å². The SMILES string of the molecule is Cc1c2c(nn1C1CCOCC1)OCCC(C)Nc1nc(ncc1Br)N2. The maximum atomic E-state index is 6.02. The Morgan fingerprint density at radius 2 is 2.04 bits per heavy atom. The second kappa shape index (κ2) is 7.40. The molecule has 8 nitrogen and oxygen atoms in total. The summed E-state index contributed by atoms with van der Waals surface area (Å²) < 4.78 is 14.4. The molecule has 1 atom stereocenters. The minimum atomic E-state index is 0.217. The summed E-state index contributed by atoms with van der Waals surface area (Å²) in [5.41, 5.74) is 1.86. The molecule has 26 heavy (non-hydrogen) atoms. The molecule has 4 rings (SSSR count). The normalized spacial score (nSPS) is 21.0. The highest BCUT2D eigenvalue weighted by Gasteiger charge is 2.25. The molecule has 1 fully saturated rings. The molecule has 0 aliphatic carbocycles. The number of rotatable bonds is 1. The van der Waals surface area contributed by atoms with Gasteiger partial charge >= 0.3 is 0 Å². The number of fused-ring (bicyclic) bond motifs is 3. The van der Waals surface area contributed by atoms with Crippen LogP contribution in [0, 0.1) is 6.92 Å². The Labute approximate surface area is 160 Å². The smallest absolute Gasteiger partial charge is 0.257 e. The van der Waals surface area contributed by atoms with Crippen molar-refractivity contribution in [3.05, 3.63) is 16.4 Å². The van der Waals surface area contributed by atoms with E-state index in [4.69, 9.17) is 14.6 Å². The van der Waals surface area contributed by atoms with Crippen molar-refractivity contribution < 1.29 is 9.47 Å². The van der Waals surface area contributed by atoms with Crippen LogP contribution < -0.4 is 15.4 Å². The fourth-order valence-corrected chi connectivity index (χ4v) is 3.61. The van der Waals surface area contributed by atoms with Crippen LogP contribution in [0.4, 0.5) is 17.5 Å². The number of nitrogens with one attached hydrogen (secondary N) is 2. The minimum absolute atomic E-state index is 0.217. The molecule has 0 radical (unpaired) electrons. The van der Waals surface area contributed by atoms with E-state index in [1.807, 2.05) is 0 Å². The minimum Gasteiger partial charge on any atom is -0.475 e. The van der Waals surface area contributed by atoms with Crippen LogP contribution in [-0.4, -0.2) is 45.6 Å². The van der Waals surface area contributed by atoms with E-state index in [2.05, 4.69) is 55.1 Å². The first-order valence-corrected chi connectivity index (χ1v) is 9.77. The second-order valence-corrected chi connectivity index (χ2v) is 7.61. The highest BCUT2D eigenvalue weighted by molar-refractivity contribution is 9.10. The summed E-state index contributed by atoms with van der Waals surface area (Å²) in [7, 11) is 0. The quantitative estimate of drug-likeness (QED) is 0.727. The lowest BCUT2D eigenvalue weighted by molar-refractivity contribution is 0.0652. The molecule has 2 aliphatic rings. The van der Waals surface area contributed by atoms with Gasteiger partial charge in [-0.1, -0.05) is 0 Å². The lowest BCUT2D eigenvalue weighted by Crippen LogP contribution is -2.22. The van der Waals surface area contributed by atoms with Gasteiger partial charge in [0.05, 0.1) is 22.8 Å². The highest BCUT2D eigenvalue weighted by Crippen LogP contribution is 2.35. The van der Waals surface area contributed by atoms with Crippen LogP contribution in [0.2, 0.25) is 0 Å². The van der Waals surface area contributed by atoms with E-state index in [0.717, 1.165) is 54.1 Å². The standard InChI is InChI=1S/C17H23BrN6O2/c1-10-3-8-26-16-14(21-17-19-9-13(18)15(20-10)22-17)11(2)24(23-16)12-4-6-25-7-5-12/h9-10,12H,3-8H2,1-2H3,(H2,19,20,21,22). The van der Waals surface area contributed by atoms with Crippen LogP contribution in [0.3, 0.4) is 0 Å². The van der Waals surface area contributed by atoms with E-state index in [1.54, 1.807) is 6.20 Å². The summed E-state index contributed by atoms with van der Waals surface area (Å²) in [5, 5.41) is 11.4. The topological polar surface area (TPSA) is 86.1 Å². The molecule has 2 aromatic rings. The van der Waals surface area contributed by atoms with Crippen LogP contribution in [0.15, 0.2) is 10.7 Å². The van der Waals surface area contributed by atoms with Gasteiger partial charge in [-0.25, -0.2) is 4.98 Å². The zero-order valence-electron chi connectivity index (χ0n) is 15.0. The van der Waals surface area contributed by atoms with Gasteiger partial charge in [-0.05, 0) is 42.6 Å². The molecular weight excluding hydrogens is 400 g/mol. The highest BCUT2D eigenvalue weighted by atomic mass is 79.9. The molecule has 2 aromatic heterocycles. The first kappa shape index (κ1) is 17.5. The van der Waals surface area contributed by atoms with Gasteiger partial charge in [0.25, 0.3) is 5.88 Å². The lowest BCUT2D eigenvalue weighted by atomic mass is 10.1. The molecule has 2 aliphatic heterocycles. The van der Waals surface area contributed by atoms with Gasteiger partial charge in [0.15, 0.2) is 0 Å². The summed E-state index contributed by atoms with van der Waals surface area (Å²) in [4.78, 5) is 8.97. The third-order valence-electron chi connectivity index (χ3n) is 4.81. The molecule has 0 saturated carbocycles. The van der Waals surface area contributed by atoms with E-state index >= 15 is 0 Å². The largest absolute Gasteiger partial charge is 0.475 e. The maximum Gasteiger partial charge on any atom is 0.257 e. The molecular formula is C17H23BrN6O2. The number of nitrogens with zero attached hydrogens (tertiary/aromatic N) is 4. The zero-order valence-corrected chi connectivity index (χ0v) is 16.5. The average Bonchev–Trinajstić information content (AvgIpc) is 2.93. The van der Waals surface area contributed by atoms with Crippen molar-refractivity contribution in [2.45, 2.75) is 45.2 Å². The predicted molar refractivity (Wildman–Crippen MR) is 102 cm³/mol. The number of hydrogen-bond donors (Lipinski definition) is 2. The number of ether oxygens (including phenoxy) is 2. The van der Waals surface area contributed by atoms with E-state index in [0.29, 0.717) is 24.5 Å². The van der Waals surface area contributed by atoms with Gasteiger partial charge in [-0.3, -0.25) is 4.68 Å². The van der Waals surface area contributed by atoms with Gasteiger partial charge < -0.3 is 20.1 Å². The van der Waals surface area contributed by atoms with Crippen molar-refractivity contribution in [2.24, 2.45) is 0 Å². The summed E-state index contributed by atoms with van der Waals surface area (Å²) in [6.07, 6.45) is 4.51. The molecule has 0 amide bonds. The Bertz CT molecular complexity index is 790. The molecule has 9 heteroatoms. The van der Waals surface area contributed by atoms with E-state index < -0.39 is 0 Å². The van der Waals surface area contributed by atoms with Crippen molar-refractivity contribution in [3.63, 3.8) is 0 Å². The summed E-state index contributed by atoms with van der Waals surface area (Å²) >= 11 is 3.50.